The van der Waals surface area contributed by atoms with Crippen LogP contribution in [0.25, 0.3) is 11.2 Å². The van der Waals surface area contributed by atoms with Crippen LogP contribution in [0.5, 0.6) is 0 Å². The highest BCUT2D eigenvalue weighted by molar-refractivity contribution is 6.70. The number of fused-ring (bicyclic) bond motifs is 1. The van der Waals surface area contributed by atoms with Gasteiger partial charge in [-0.25, -0.2) is 4.98 Å². The van der Waals surface area contributed by atoms with E-state index in [4.69, 9.17) is 13.6 Å². The summed E-state index contributed by atoms with van der Waals surface area (Å²) in [4.78, 5) is 36.6. The van der Waals surface area contributed by atoms with E-state index in [9.17, 15) is 9.59 Å². The van der Waals surface area contributed by atoms with Crippen LogP contribution >= 0.6 is 0 Å². The third-order valence-corrected chi connectivity index (χ3v) is 7.42. The number of anilines is 1. The lowest BCUT2D eigenvalue weighted by atomic mass is 10.2. The van der Waals surface area contributed by atoms with E-state index in [2.05, 4.69) is 59.6 Å². The molecule has 2 aromatic heterocycles. The summed E-state index contributed by atoms with van der Waals surface area (Å²) in [5, 5.41) is 2.66. The van der Waals surface area contributed by atoms with Crippen molar-refractivity contribution in [2.45, 2.75) is 64.1 Å². The van der Waals surface area contributed by atoms with Crippen molar-refractivity contribution < 1.29 is 18.4 Å². The lowest BCUT2D eigenvalue weighted by molar-refractivity contribution is -0.0367. The first-order valence-electron chi connectivity index (χ1n) is 11.7. The molecule has 0 spiro atoms. The Hall–Kier alpha value is -2.65. The van der Waals surface area contributed by atoms with Crippen LogP contribution < -0.4 is 10.9 Å². The summed E-state index contributed by atoms with van der Waals surface area (Å²) < 4.78 is 20.7. The molecule has 1 aromatic carbocycles. The maximum atomic E-state index is 12.7. The topological polar surface area (TPSA) is 120 Å². The number of imidazole rings is 1. The van der Waals surface area contributed by atoms with E-state index in [1.807, 2.05) is 6.07 Å². The van der Waals surface area contributed by atoms with Gasteiger partial charge in [0.1, 0.15) is 12.3 Å². The summed E-state index contributed by atoms with van der Waals surface area (Å²) in [6, 6.07) is 8.72. The van der Waals surface area contributed by atoms with Gasteiger partial charge in [0.2, 0.25) is 5.95 Å². The summed E-state index contributed by atoms with van der Waals surface area (Å²) in [6.45, 7) is 13.3. The summed E-state index contributed by atoms with van der Waals surface area (Å²) in [6.07, 6.45) is 1.32. The molecule has 0 aliphatic carbocycles. The van der Waals surface area contributed by atoms with Gasteiger partial charge in [0.05, 0.1) is 19.0 Å². The van der Waals surface area contributed by atoms with E-state index in [-0.39, 0.29) is 29.6 Å². The van der Waals surface area contributed by atoms with E-state index < -0.39 is 28.4 Å². The zero-order valence-corrected chi connectivity index (χ0v) is 23.0. The van der Waals surface area contributed by atoms with Crippen molar-refractivity contribution >= 4 is 39.7 Å². The Balaban J connectivity index is 1.61. The van der Waals surface area contributed by atoms with Crippen molar-refractivity contribution in [2.24, 2.45) is 0 Å². The van der Waals surface area contributed by atoms with Gasteiger partial charge in [0, 0.05) is 12.0 Å². The summed E-state index contributed by atoms with van der Waals surface area (Å²) in [5.41, 5.74) is 0.527. The SMILES string of the molecule is C[Si](C)(C)OC[C@H]1OC(n2cnc3c(=O)[nH]c(NC(=O)c4ccccc4)nc32)CC1O[Si](C)(C)C. The van der Waals surface area contributed by atoms with E-state index in [0.717, 1.165) is 0 Å². The standard InChI is InChI=1S/C23H33N5O5Si2/c1-34(2,3)31-13-17-16(33-35(4,5)6)12-18(32-17)28-14-24-19-20(28)25-23(27-22(19)30)26-21(29)15-10-8-7-9-11-15/h7-11,14,16-18H,12-13H2,1-6H3,(H2,25,26,27,29,30)/t16?,17-,18?/m1/s1. The average Bonchev–Trinajstić information content (AvgIpc) is 3.35. The maximum absolute atomic E-state index is 12.7. The minimum Gasteiger partial charge on any atom is -0.415 e. The van der Waals surface area contributed by atoms with Crippen molar-refractivity contribution in [1.29, 1.82) is 0 Å². The second kappa shape index (κ2) is 9.78. The summed E-state index contributed by atoms with van der Waals surface area (Å²) >= 11 is 0. The van der Waals surface area contributed by atoms with Crippen molar-refractivity contribution in [3.63, 3.8) is 0 Å². The molecule has 3 heterocycles. The van der Waals surface area contributed by atoms with Gasteiger partial charge in [0.25, 0.3) is 11.5 Å². The van der Waals surface area contributed by atoms with Crippen LogP contribution in [0.4, 0.5) is 5.95 Å². The molecule has 3 aromatic rings. The number of hydrogen-bond acceptors (Lipinski definition) is 7. The van der Waals surface area contributed by atoms with Crippen LogP contribution in [0.1, 0.15) is 23.0 Å². The monoisotopic (exact) mass is 515 g/mol. The molecule has 12 heteroatoms. The lowest BCUT2D eigenvalue weighted by Gasteiger charge is -2.28. The van der Waals surface area contributed by atoms with E-state index in [1.165, 1.54) is 0 Å². The number of rotatable bonds is 8. The number of carbonyl (C=O) groups is 1. The number of nitrogens with zero attached hydrogens (tertiary/aromatic N) is 3. The average molecular weight is 516 g/mol. The molecule has 1 amide bonds. The van der Waals surface area contributed by atoms with Gasteiger partial charge in [-0.15, -0.1) is 0 Å². The van der Waals surface area contributed by atoms with Crippen LogP contribution in [0.3, 0.4) is 0 Å². The molecular formula is C23H33N5O5Si2. The number of hydrogen-bond donors (Lipinski definition) is 2. The molecule has 0 saturated carbocycles. The highest BCUT2D eigenvalue weighted by Gasteiger charge is 2.40. The Bertz CT molecular complexity index is 1250. The van der Waals surface area contributed by atoms with Crippen molar-refractivity contribution in [3.05, 3.63) is 52.6 Å². The van der Waals surface area contributed by atoms with E-state index in [0.29, 0.717) is 24.2 Å². The lowest BCUT2D eigenvalue weighted by Crippen LogP contribution is -2.40. The number of carbonyl (C=O) groups excluding carboxylic acids is 1. The number of nitrogens with one attached hydrogen (secondary N) is 2. The van der Waals surface area contributed by atoms with Crippen molar-refractivity contribution in [3.8, 4) is 0 Å². The molecule has 1 aliphatic rings. The fraction of sp³-hybridized carbons (Fsp3) is 0.478. The number of amides is 1. The fourth-order valence-electron chi connectivity index (χ4n) is 3.90. The van der Waals surface area contributed by atoms with E-state index >= 15 is 0 Å². The van der Waals surface area contributed by atoms with Crippen LogP contribution in [-0.2, 0) is 13.6 Å². The Labute approximate surface area is 206 Å². The second-order valence-electron chi connectivity index (χ2n) is 10.6. The number of aromatic amines is 1. The second-order valence-corrected chi connectivity index (χ2v) is 19.6. The van der Waals surface area contributed by atoms with Crippen LogP contribution in [0.2, 0.25) is 39.3 Å². The zero-order valence-electron chi connectivity index (χ0n) is 21.0. The normalized spacial score (nSPS) is 20.9. The van der Waals surface area contributed by atoms with Gasteiger partial charge in [0.15, 0.2) is 27.8 Å². The molecule has 2 N–H and O–H groups in total. The van der Waals surface area contributed by atoms with Gasteiger partial charge in [-0.05, 0) is 51.4 Å². The number of aromatic nitrogens is 4. The van der Waals surface area contributed by atoms with Gasteiger partial charge >= 0.3 is 0 Å². The first-order chi connectivity index (χ1) is 16.4. The smallest absolute Gasteiger partial charge is 0.280 e. The highest BCUT2D eigenvalue weighted by Crippen LogP contribution is 2.34. The molecule has 35 heavy (non-hydrogen) atoms. The third kappa shape index (κ3) is 6.33. The molecule has 1 saturated heterocycles. The first-order valence-corrected chi connectivity index (χ1v) is 18.5. The van der Waals surface area contributed by atoms with Crippen LogP contribution in [0.15, 0.2) is 41.5 Å². The van der Waals surface area contributed by atoms with Crippen LogP contribution in [-0.4, -0.2) is 60.9 Å². The number of ether oxygens (including phenoxy) is 1. The predicted molar refractivity (Wildman–Crippen MR) is 139 cm³/mol. The molecule has 10 nitrogen and oxygen atoms in total. The quantitative estimate of drug-likeness (QED) is 0.439. The van der Waals surface area contributed by atoms with Crippen LogP contribution in [0, 0.1) is 0 Å². The Kier molecular flexibility index (Phi) is 7.11. The first kappa shape index (κ1) is 25.4. The molecule has 0 bridgehead atoms. The number of H-pyrrole nitrogens is 1. The maximum Gasteiger partial charge on any atom is 0.280 e. The molecule has 3 atom stereocenters. The van der Waals surface area contributed by atoms with Crippen molar-refractivity contribution in [2.75, 3.05) is 11.9 Å². The molecular weight excluding hydrogens is 482 g/mol. The minimum absolute atomic E-state index is 0.0459. The van der Waals surface area contributed by atoms with Crippen molar-refractivity contribution in [1.82, 2.24) is 19.5 Å². The minimum atomic E-state index is -1.84. The van der Waals surface area contributed by atoms with Gasteiger partial charge in [-0.1, -0.05) is 18.2 Å². The third-order valence-electron chi connectivity index (χ3n) is 5.38. The van der Waals surface area contributed by atoms with Gasteiger partial charge < -0.3 is 13.6 Å². The zero-order chi connectivity index (χ0) is 25.4. The fourth-order valence-corrected chi connectivity index (χ4v) is 5.72. The Morgan fingerprint density at radius 1 is 1.17 bits per heavy atom. The molecule has 0 radical (unpaired) electrons. The molecule has 1 aliphatic heterocycles. The molecule has 2 unspecified atom stereocenters. The largest absolute Gasteiger partial charge is 0.415 e. The molecule has 188 valence electrons. The predicted octanol–water partition coefficient (Wildman–Crippen LogP) is 3.73. The van der Waals surface area contributed by atoms with Gasteiger partial charge in [-0.2, -0.15) is 4.98 Å². The molecule has 1 fully saturated rings. The molecule has 4 rings (SSSR count). The Morgan fingerprint density at radius 3 is 2.54 bits per heavy atom. The summed E-state index contributed by atoms with van der Waals surface area (Å²) in [7, 11) is -3.59. The highest BCUT2D eigenvalue weighted by atomic mass is 28.4. The van der Waals surface area contributed by atoms with E-state index in [1.54, 1.807) is 35.2 Å². The Morgan fingerprint density at radius 2 is 1.89 bits per heavy atom. The van der Waals surface area contributed by atoms with Gasteiger partial charge in [-0.3, -0.25) is 24.5 Å². The number of benzene rings is 1. The summed E-state index contributed by atoms with van der Waals surface area (Å²) in [5.74, 6) is -0.326.